The highest BCUT2D eigenvalue weighted by Gasteiger charge is 2.07. The smallest absolute Gasteiger partial charge is 0.258 e. The molecule has 0 fully saturated rings. The Labute approximate surface area is 149 Å². The third-order valence-corrected chi connectivity index (χ3v) is 4.44. The summed E-state index contributed by atoms with van der Waals surface area (Å²) in [6.45, 7) is 0.442. The van der Waals surface area contributed by atoms with Gasteiger partial charge < -0.3 is 10.1 Å². The van der Waals surface area contributed by atoms with Gasteiger partial charge in [0.25, 0.3) is 5.91 Å². The van der Waals surface area contributed by atoms with E-state index in [-0.39, 0.29) is 12.5 Å². The molecule has 3 nitrogen and oxygen atoms in total. The van der Waals surface area contributed by atoms with E-state index in [2.05, 4.69) is 22.8 Å². The highest BCUT2D eigenvalue weighted by atomic mass is 35.5. The number of hydrogen-bond donors (Lipinski definition) is 1. The van der Waals surface area contributed by atoms with Crippen LogP contribution in [0.1, 0.15) is 5.56 Å². The second kappa shape index (κ2) is 7.99. The Kier molecular flexibility index (Phi) is 5.51. The molecule has 1 aromatic heterocycles. The quantitative estimate of drug-likeness (QED) is 0.690. The SMILES string of the molecule is O=C(COc1ccc(Cl)cc1)NCc1ccccc1-c1ccsc1. The molecule has 122 valence electrons. The van der Waals surface area contributed by atoms with Crippen molar-refractivity contribution in [1.29, 1.82) is 0 Å². The molecule has 0 aliphatic carbocycles. The predicted octanol–water partition coefficient (Wildman–Crippen LogP) is 4.76. The summed E-state index contributed by atoms with van der Waals surface area (Å²) in [6, 6.07) is 17.1. The molecule has 0 saturated heterocycles. The van der Waals surface area contributed by atoms with E-state index >= 15 is 0 Å². The van der Waals surface area contributed by atoms with Crippen molar-refractivity contribution in [1.82, 2.24) is 5.32 Å². The third kappa shape index (κ3) is 4.37. The number of carbonyl (C=O) groups excluding carboxylic acids is 1. The van der Waals surface area contributed by atoms with Crippen LogP contribution in [0.4, 0.5) is 0 Å². The summed E-state index contributed by atoms with van der Waals surface area (Å²) in [5, 5.41) is 7.68. The second-order valence-electron chi connectivity index (χ2n) is 5.19. The molecule has 3 aromatic rings. The van der Waals surface area contributed by atoms with Gasteiger partial charge in [-0.05, 0) is 57.8 Å². The molecular weight excluding hydrogens is 342 g/mol. The van der Waals surface area contributed by atoms with Gasteiger partial charge in [0.1, 0.15) is 5.75 Å². The van der Waals surface area contributed by atoms with E-state index in [9.17, 15) is 4.79 Å². The Morgan fingerprint density at radius 2 is 1.88 bits per heavy atom. The fourth-order valence-electron chi connectivity index (χ4n) is 2.30. The van der Waals surface area contributed by atoms with Gasteiger partial charge in [-0.15, -0.1) is 0 Å². The lowest BCUT2D eigenvalue weighted by molar-refractivity contribution is -0.123. The van der Waals surface area contributed by atoms with Crippen LogP contribution in [0.2, 0.25) is 5.02 Å². The van der Waals surface area contributed by atoms with Crippen LogP contribution in [0.5, 0.6) is 5.75 Å². The maximum Gasteiger partial charge on any atom is 0.258 e. The lowest BCUT2D eigenvalue weighted by Gasteiger charge is -2.10. The number of nitrogens with one attached hydrogen (secondary N) is 1. The van der Waals surface area contributed by atoms with Gasteiger partial charge in [-0.2, -0.15) is 11.3 Å². The summed E-state index contributed by atoms with van der Waals surface area (Å²) in [4.78, 5) is 12.0. The van der Waals surface area contributed by atoms with Crippen molar-refractivity contribution in [2.24, 2.45) is 0 Å². The lowest BCUT2D eigenvalue weighted by atomic mass is 10.0. The minimum Gasteiger partial charge on any atom is -0.484 e. The van der Waals surface area contributed by atoms with Crippen LogP contribution >= 0.6 is 22.9 Å². The van der Waals surface area contributed by atoms with Gasteiger partial charge in [0.2, 0.25) is 0 Å². The Hall–Kier alpha value is -2.30. The van der Waals surface area contributed by atoms with Crippen LogP contribution < -0.4 is 10.1 Å². The lowest BCUT2D eigenvalue weighted by Crippen LogP contribution is -2.28. The van der Waals surface area contributed by atoms with E-state index in [1.807, 2.05) is 23.6 Å². The molecule has 0 saturated carbocycles. The average Bonchev–Trinajstić information content (AvgIpc) is 3.14. The molecule has 0 bridgehead atoms. The van der Waals surface area contributed by atoms with Crippen molar-refractivity contribution >= 4 is 28.8 Å². The molecule has 24 heavy (non-hydrogen) atoms. The number of hydrogen-bond acceptors (Lipinski definition) is 3. The van der Waals surface area contributed by atoms with E-state index in [0.717, 1.165) is 11.1 Å². The summed E-state index contributed by atoms with van der Waals surface area (Å²) in [5.41, 5.74) is 3.38. The summed E-state index contributed by atoms with van der Waals surface area (Å²) in [6.07, 6.45) is 0. The summed E-state index contributed by atoms with van der Waals surface area (Å²) in [7, 11) is 0. The molecule has 1 N–H and O–H groups in total. The first-order chi connectivity index (χ1) is 11.7. The number of amides is 1. The predicted molar refractivity (Wildman–Crippen MR) is 98.5 cm³/mol. The number of thiophene rings is 1. The first kappa shape index (κ1) is 16.6. The zero-order chi connectivity index (χ0) is 16.8. The summed E-state index contributed by atoms with van der Waals surface area (Å²) in [5.74, 6) is 0.457. The van der Waals surface area contributed by atoms with E-state index in [4.69, 9.17) is 16.3 Å². The zero-order valence-electron chi connectivity index (χ0n) is 12.9. The van der Waals surface area contributed by atoms with Crippen LogP contribution in [0, 0.1) is 0 Å². The van der Waals surface area contributed by atoms with Crippen LogP contribution in [-0.2, 0) is 11.3 Å². The molecule has 0 unspecified atom stereocenters. The number of rotatable bonds is 6. The number of halogens is 1. The van der Waals surface area contributed by atoms with Gasteiger partial charge in [0.05, 0.1) is 0 Å². The zero-order valence-corrected chi connectivity index (χ0v) is 14.4. The van der Waals surface area contributed by atoms with Gasteiger partial charge in [-0.25, -0.2) is 0 Å². The fraction of sp³-hybridized carbons (Fsp3) is 0.105. The van der Waals surface area contributed by atoms with Gasteiger partial charge in [-0.3, -0.25) is 4.79 Å². The van der Waals surface area contributed by atoms with E-state index < -0.39 is 0 Å². The topological polar surface area (TPSA) is 38.3 Å². The minimum absolute atomic E-state index is 0.0255. The normalized spacial score (nSPS) is 10.4. The van der Waals surface area contributed by atoms with Crippen molar-refractivity contribution in [2.45, 2.75) is 6.54 Å². The molecule has 0 aliphatic heterocycles. The van der Waals surface area contributed by atoms with Crippen LogP contribution in [-0.4, -0.2) is 12.5 Å². The van der Waals surface area contributed by atoms with Gasteiger partial charge in [0, 0.05) is 11.6 Å². The van der Waals surface area contributed by atoms with Crippen LogP contribution in [0.15, 0.2) is 65.4 Å². The number of benzene rings is 2. The molecule has 2 aromatic carbocycles. The number of ether oxygens (including phenoxy) is 1. The van der Waals surface area contributed by atoms with E-state index in [0.29, 0.717) is 17.3 Å². The Bertz CT molecular complexity index is 800. The Morgan fingerprint density at radius 1 is 1.08 bits per heavy atom. The summed E-state index contributed by atoms with van der Waals surface area (Å²) < 4.78 is 5.44. The second-order valence-corrected chi connectivity index (χ2v) is 6.40. The Morgan fingerprint density at radius 3 is 2.62 bits per heavy atom. The van der Waals surface area contributed by atoms with Crippen LogP contribution in [0.25, 0.3) is 11.1 Å². The third-order valence-electron chi connectivity index (χ3n) is 3.51. The molecule has 0 radical (unpaired) electrons. The van der Waals surface area contributed by atoms with Crippen molar-refractivity contribution in [2.75, 3.05) is 6.61 Å². The first-order valence-electron chi connectivity index (χ1n) is 7.48. The number of carbonyl (C=O) groups is 1. The fourth-order valence-corrected chi connectivity index (χ4v) is 3.08. The molecule has 1 heterocycles. The highest BCUT2D eigenvalue weighted by molar-refractivity contribution is 7.08. The molecule has 0 atom stereocenters. The molecule has 0 spiro atoms. The summed E-state index contributed by atoms with van der Waals surface area (Å²) >= 11 is 7.47. The maximum absolute atomic E-state index is 12.0. The molecular formula is C19H16ClNO2S. The van der Waals surface area contributed by atoms with Crippen LogP contribution in [0.3, 0.4) is 0 Å². The molecule has 3 rings (SSSR count). The van der Waals surface area contributed by atoms with E-state index in [1.165, 1.54) is 5.56 Å². The maximum atomic E-state index is 12.0. The average molecular weight is 358 g/mol. The highest BCUT2D eigenvalue weighted by Crippen LogP contribution is 2.25. The molecule has 5 heteroatoms. The van der Waals surface area contributed by atoms with Crippen molar-refractivity contribution in [3.63, 3.8) is 0 Å². The Balaban J connectivity index is 1.56. The molecule has 1 amide bonds. The minimum atomic E-state index is -0.162. The van der Waals surface area contributed by atoms with Crippen molar-refractivity contribution in [3.8, 4) is 16.9 Å². The largest absolute Gasteiger partial charge is 0.484 e. The van der Waals surface area contributed by atoms with Crippen molar-refractivity contribution in [3.05, 3.63) is 75.9 Å². The van der Waals surface area contributed by atoms with Gasteiger partial charge >= 0.3 is 0 Å². The van der Waals surface area contributed by atoms with Gasteiger partial charge in [0.15, 0.2) is 6.61 Å². The first-order valence-corrected chi connectivity index (χ1v) is 8.80. The van der Waals surface area contributed by atoms with Crippen molar-refractivity contribution < 1.29 is 9.53 Å². The van der Waals surface area contributed by atoms with E-state index in [1.54, 1.807) is 35.6 Å². The molecule has 0 aliphatic rings. The monoisotopic (exact) mass is 357 g/mol. The standard InChI is InChI=1S/C19H16ClNO2S/c20-16-5-7-17(8-6-16)23-12-19(22)21-11-14-3-1-2-4-18(14)15-9-10-24-13-15/h1-10,13H,11-12H2,(H,21,22). The van der Waals surface area contributed by atoms with Gasteiger partial charge in [-0.1, -0.05) is 35.9 Å².